The largest absolute Gasteiger partial charge is 0.353 e. The minimum Gasteiger partial charge on any atom is -0.353 e. The van der Waals surface area contributed by atoms with Gasteiger partial charge in [0.25, 0.3) is 11.8 Å². The molecule has 2 fully saturated rings. The normalized spacial score (nSPS) is 19.2. The van der Waals surface area contributed by atoms with Crippen LogP contribution in [0.15, 0.2) is 30.3 Å². The molecule has 180 valence electrons. The number of aromatic nitrogens is 2. The molecule has 1 aliphatic carbocycles. The van der Waals surface area contributed by atoms with Gasteiger partial charge in [0, 0.05) is 61.9 Å². The second-order valence-electron chi connectivity index (χ2n) is 9.80. The molecule has 3 amide bonds. The molecule has 8 nitrogen and oxygen atoms in total. The zero-order chi connectivity index (χ0) is 23.7. The van der Waals surface area contributed by atoms with Gasteiger partial charge >= 0.3 is 0 Å². The third-order valence-corrected chi connectivity index (χ3v) is 7.61. The molecule has 8 heteroatoms. The number of nitrogens with zero attached hydrogens (tertiary/aromatic N) is 4. The maximum Gasteiger partial charge on any atom is 0.274 e. The zero-order valence-electron chi connectivity index (χ0n) is 19.8. The maximum atomic E-state index is 13.4. The van der Waals surface area contributed by atoms with E-state index in [1.54, 1.807) is 9.58 Å². The monoisotopic (exact) mass is 463 g/mol. The van der Waals surface area contributed by atoms with Gasteiger partial charge in [-0.2, -0.15) is 5.10 Å². The number of likely N-dealkylation sites (tertiary alicyclic amines) is 1. The Morgan fingerprint density at radius 2 is 1.62 bits per heavy atom. The summed E-state index contributed by atoms with van der Waals surface area (Å²) in [6.07, 6.45) is 6.58. The summed E-state index contributed by atoms with van der Waals surface area (Å²) in [6.45, 7) is 2.10. The van der Waals surface area contributed by atoms with E-state index < -0.39 is 0 Å². The predicted molar refractivity (Wildman–Crippen MR) is 127 cm³/mol. The summed E-state index contributed by atoms with van der Waals surface area (Å²) >= 11 is 0. The maximum absolute atomic E-state index is 13.4. The van der Waals surface area contributed by atoms with Crippen LogP contribution in [-0.2, 0) is 24.8 Å². The van der Waals surface area contributed by atoms with Crippen molar-refractivity contribution in [1.82, 2.24) is 24.9 Å². The van der Waals surface area contributed by atoms with Gasteiger partial charge in [0.1, 0.15) is 0 Å². The van der Waals surface area contributed by atoms with E-state index >= 15 is 0 Å². The lowest BCUT2D eigenvalue weighted by Gasteiger charge is -2.32. The summed E-state index contributed by atoms with van der Waals surface area (Å²) in [5, 5.41) is 7.77. The number of benzene rings is 1. The average Bonchev–Trinajstić information content (AvgIpc) is 3.51. The van der Waals surface area contributed by atoms with E-state index in [0.29, 0.717) is 62.7 Å². The Morgan fingerprint density at radius 1 is 0.912 bits per heavy atom. The van der Waals surface area contributed by atoms with E-state index in [-0.39, 0.29) is 23.6 Å². The molecule has 1 N–H and O–H groups in total. The second-order valence-corrected chi connectivity index (χ2v) is 9.80. The van der Waals surface area contributed by atoms with Gasteiger partial charge < -0.3 is 15.1 Å². The van der Waals surface area contributed by atoms with E-state index in [1.807, 2.05) is 42.3 Å². The van der Waals surface area contributed by atoms with Gasteiger partial charge in [0.2, 0.25) is 5.91 Å². The van der Waals surface area contributed by atoms with Crippen molar-refractivity contribution in [2.24, 2.45) is 13.0 Å². The van der Waals surface area contributed by atoms with E-state index in [1.165, 1.54) is 12.8 Å². The summed E-state index contributed by atoms with van der Waals surface area (Å²) in [6, 6.07) is 9.58. The van der Waals surface area contributed by atoms with E-state index in [0.717, 1.165) is 24.1 Å². The molecular weight excluding hydrogens is 430 g/mol. The molecular formula is C26H33N5O3. The average molecular weight is 464 g/mol. The van der Waals surface area contributed by atoms with Crippen molar-refractivity contribution >= 4 is 17.7 Å². The number of nitrogens with one attached hydrogen (secondary N) is 1. The van der Waals surface area contributed by atoms with Gasteiger partial charge in [-0.25, -0.2) is 0 Å². The second kappa shape index (κ2) is 9.60. The standard InChI is InChI=1S/C26H33N5O3/c1-29-22-13-16-31(25(33)19-7-3-2-4-8-19)17-21(22)23(28-29)26(34)30-14-11-18(12-15-30)24(32)27-20-9-5-6-10-20/h2-4,7-8,18,20H,5-6,9-17H2,1H3,(H,27,32). The van der Waals surface area contributed by atoms with Crippen molar-refractivity contribution < 1.29 is 14.4 Å². The Hall–Kier alpha value is -3.16. The van der Waals surface area contributed by atoms with E-state index in [9.17, 15) is 14.4 Å². The first kappa shape index (κ1) is 22.6. The molecule has 3 heterocycles. The highest BCUT2D eigenvalue weighted by Gasteiger charge is 2.34. The van der Waals surface area contributed by atoms with Crippen LogP contribution in [0.1, 0.15) is 70.6 Å². The SMILES string of the molecule is Cn1nc(C(=O)N2CCC(C(=O)NC3CCCC3)CC2)c2c1CCN(C(=O)c1ccccc1)C2. The Morgan fingerprint density at radius 3 is 2.32 bits per heavy atom. The van der Waals surface area contributed by atoms with Crippen LogP contribution in [0.2, 0.25) is 0 Å². The van der Waals surface area contributed by atoms with Crippen LogP contribution in [0.5, 0.6) is 0 Å². The number of amides is 3. The molecule has 2 aromatic rings. The number of piperidine rings is 1. The Bertz CT molecular complexity index is 1070. The van der Waals surface area contributed by atoms with E-state index in [4.69, 9.17) is 0 Å². The number of fused-ring (bicyclic) bond motifs is 1. The Kier molecular flexibility index (Phi) is 6.39. The highest BCUT2D eigenvalue weighted by molar-refractivity contribution is 5.96. The molecule has 0 bridgehead atoms. The fourth-order valence-corrected chi connectivity index (χ4v) is 5.58. The summed E-state index contributed by atoms with van der Waals surface area (Å²) in [5.41, 5.74) is 2.97. The van der Waals surface area contributed by atoms with Crippen molar-refractivity contribution in [3.63, 3.8) is 0 Å². The Labute approximate surface area is 200 Å². The smallest absolute Gasteiger partial charge is 0.274 e. The molecule has 1 aromatic carbocycles. The molecule has 0 radical (unpaired) electrons. The minimum absolute atomic E-state index is 0.0254. The van der Waals surface area contributed by atoms with Gasteiger partial charge in [-0.3, -0.25) is 19.1 Å². The van der Waals surface area contributed by atoms with Gasteiger partial charge in [-0.1, -0.05) is 31.0 Å². The summed E-state index contributed by atoms with van der Waals surface area (Å²) in [4.78, 5) is 42.7. The molecule has 1 aromatic heterocycles. The number of hydrogen-bond donors (Lipinski definition) is 1. The van der Waals surface area contributed by atoms with E-state index in [2.05, 4.69) is 10.4 Å². The fourth-order valence-electron chi connectivity index (χ4n) is 5.58. The lowest BCUT2D eigenvalue weighted by molar-refractivity contribution is -0.127. The first-order valence-electron chi connectivity index (χ1n) is 12.5. The molecule has 5 rings (SSSR count). The van der Waals surface area contributed by atoms with Crippen LogP contribution in [0.4, 0.5) is 0 Å². The summed E-state index contributed by atoms with van der Waals surface area (Å²) in [7, 11) is 1.86. The van der Waals surface area contributed by atoms with Crippen LogP contribution in [0.25, 0.3) is 0 Å². The van der Waals surface area contributed by atoms with Crippen LogP contribution in [0.3, 0.4) is 0 Å². The van der Waals surface area contributed by atoms with Crippen molar-refractivity contribution in [2.75, 3.05) is 19.6 Å². The third-order valence-electron chi connectivity index (χ3n) is 7.61. The molecule has 3 aliphatic rings. The minimum atomic E-state index is -0.0967. The number of aryl methyl sites for hydroxylation is 1. The fraction of sp³-hybridized carbons (Fsp3) is 0.538. The molecule has 0 spiro atoms. The van der Waals surface area contributed by atoms with Crippen LogP contribution in [-0.4, -0.2) is 63.0 Å². The molecule has 2 aliphatic heterocycles. The molecule has 1 saturated heterocycles. The quantitative estimate of drug-likeness (QED) is 0.755. The first-order chi connectivity index (χ1) is 16.5. The van der Waals surface area contributed by atoms with Crippen molar-refractivity contribution in [3.05, 3.63) is 52.8 Å². The molecule has 0 atom stereocenters. The highest BCUT2D eigenvalue weighted by atomic mass is 16.2. The number of rotatable bonds is 4. The zero-order valence-corrected chi connectivity index (χ0v) is 19.8. The molecule has 1 saturated carbocycles. The first-order valence-corrected chi connectivity index (χ1v) is 12.5. The van der Waals surface area contributed by atoms with Gasteiger partial charge in [0.15, 0.2) is 5.69 Å². The summed E-state index contributed by atoms with van der Waals surface area (Å²) in [5.74, 6) is -0.00586. The van der Waals surface area contributed by atoms with Crippen molar-refractivity contribution in [2.45, 2.75) is 57.5 Å². The number of carbonyl (C=O) groups is 3. The number of hydrogen-bond acceptors (Lipinski definition) is 4. The van der Waals surface area contributed by atoms with Crippen LogP contribution >= 0.6 is 0 Å². The predicted octanol–water partition coefficient (Wildman–Crippen LogP) is 2.53. The van der Waals surface area contributed by atoms with Gasteiger partial charge in [-0.05, 0) is 37.8 Å². The molecule has 0 unspecified atom stereocenters. The summed E-state index contributed by atoms with van der Waals surface area (Å²) < 4.78 is 1.79. The topological polar surface area (TPSA) is 87.5 Å². The van der Waals surface area contributed by atoms with Crippen LogP contribution < -0.4 is 5.32 Å². The molecule has 34 heavy (non-hydrogen) atoms. The Balaban J connectivity index is 1.24. The van der Waals surface area contributed by atoms with Crippen molar-refractivity contribution in [1.29, 1.82) is 0 Å². The van der Waals surface area contributed by atoms with Crippen molar-refractivity contribution in [3.8, 4) is 0 Å². The third kappa shape index (κ3) is 4.45. The highest BCUT2D eigenvalue weighted by Crippen LogP contribution is 2.27. The lowest BCUT2D eigenvalue weighted by atomic mass is 9.95. The van der Waals surface area contributed by atoms with Gasteiger partial charge in [0.05, 0.1) is 6.54 Å². The van der Waals surface area contributed by atoms with Crippen LogP contribution in [0, 0.1) is 5.92 Å². The lowest BCUT2D eigenvalue weighted by Crippen LogP contribution is -2.45. The number of carbonyl (C=O) groups excluding carboxylic acids is 3. The van der Waals surface area contributed by atoms with Gasteiger partial charge in [-0.15, -0.1) is 0 Å².